The summed E-state index contributed by atoms with van der Waals surface area (Å²) in [5.41, 5.74) is 0.726. The third-order valence-corrected chi connectivity index (χ3v) is 4.78. The Bertz CT molecular complexity index is 755. The Hall–Kier alpha value is -2.15. The Morgan fingerprint density at radius 2 is 1.72 bits per heavy atom. The van der Waals surface area contributed by atoms with Crippen molar-refractivity contribution in [2.45, 2.75) is 6.92 Å². The van der Waals surface area contributed by atoms with Crippen LogP contribution in [0.15, 0.2) is 34.8 Å². The van der Waals surface area contributed by atoms with Gasteiger partial charge in [-0.05, 0) is 31.2 Å². The highest BCUT2D eigenvalue weighted by Crippen LogP contribution is 2.20. The predicted octanol–water partition coefficient (Wildman–Crippen LogP) is 2.58. The summed E-state index contributed by atoms with van der Waals surface area (Å²) >= 11 is 3.40. The lowest BCUT2D eigenvalue weighted by atomic mass is 10.2. The van der Waals surface area contributed by atoms with E-state index in [4.69, 9.17) is 0 Å². The van der Waals surface area contributed by atoms with Crippen molar-refractivity contribution in [1.29, 1.82) is 0 Å². The van der Waals surface area contributed by atoms with E-state index in [-0.39, 0.29) is 5.91 Å². The van der Waals surface area contributed by atoms with E-state index < -0.39 is 0 Å². The summed E-state index contributed by atoms with van der Waals surface area (Å²) in [5.74, 6) is 2.66. The first-order valence-corrected chi connectivity index (χ1v) is 9.06. The lowest BCUT2D eigenvalue weighted by molar-refractivity contribution is 0.0746. The van der Waals surface area contributed by atoms with E-state index in [1.165, 1.54) is 0 Å². The first kappa shape index (κ1) is 17.7. The van der Waals surface area contributed by atoms with Crippen LogP contribution in [0.1, 0.15) is 16.2 Å². The SMILES string of the molecule is Cc1nc(N(C)C)cc(N2CCN(C(=O)c3ccc(Br)cc3)CC2)n1. The fourth-order valence-corrected chi connectivity index (χ4v) is 3.11. The number of hydrogen-bond donors (Lipinski definition) is 0. The summed E-state index contributed by atoms with van der Waals surface area (Å²) in [6, 6.07) is 9.51. The molecule has 0 saturated carbocycles. The summed E-state index contributed by atoms with van der Waals surface area (Å²) in [6.07, 6.45) is 0. The van der Waals surface area contributed by atoms with Crippen LogP contribution in [0.25, 0.3) is 0 Å². The maximum atomic E-state index is 12.6. The summed E-state index contributed by atoms with van der Waals surface area (Å²) in [6.45, 7) is 4.82. The molecular formula is C18H22BrN5O. The first-order chi connectivity index (χ1) is 11.9. The van der Waals surface area contributed by atoms with Crippen molar-refractivity contribution in [2.24, 2.45) is 0 Å². The van der Waals surface area contributed by atoms with Crippen molar-refractivity contribution >= 4 is 33.5 Å². The molecule has 2 aromatic rings. The van der Waals surface area contributed by atoms with Gasteiger partial charge in [-0.3, -0.25) is 4.79 Å². The number of rotatable bonds is 3. The molecule has 132 valence electrons. The van der Waals surface area contributed by atoms with Crippen LogP contribution < -0.4 is 9.80 Å². The van der Waals surface area contributed by atoms with E-state index in [9.17, 15) is 4.79 Å². The number of anilines is 2. The second-order valence-corrected chi connectivity index (χ2v) is 7.23. The van der Waals surface area contributed by atoms with Crippen molar-refractivity contribution in [3.63, 3.8) is 0 Å². The zero-order chi connectivity index (χ0) is 18.0. The van der Waals surface area contributed by atoms with Crippen LogP contribution in [-0.2, 0) is 0 Å². The number of amides is 1. The minimum atomic E-state index is 0.0833. The van der Waals surface area contributed by atoms with Crippen LogP contribution >= 0.6 is 15.9 Å². The van der Waals surface area contributed by atoms with Crippen LogP contribution in [0.3, 0.4) is 0 Å². The molecule has 1 fully saturated rings. The molecule has 1 aliphatic rings. The van der Waals surface area contributed by atoms with Gasteiger partial charge in [0.1, 0.15) is 17.5 Å². The summed E-state index contributed by atoms with van der Waals surface area (Å²) < 4.78 is 0.977. The average Bonchev–Trinajstić information content (AvgIpc) is 2.61. The number of piperazine rings is 1. The van der Waals surface area contributed by atoms with Gasteiger partial charge in [0.15, 0.2) is 0 Å². The first-order valence-electron chi connectivity index (χ1n) is 8.27. The molecule has 0 N–H and O–H groups in total. The van der Waals surface area contributed by atoms with Crippen molar-refractivity contribution in [2.75, 3.05) is 50.1 Å². The van der Waals surface area contributed by atoms with Gasteiger partial charge in [-0.15, -0.1) is 0 Å². The molecule has 1 aromatic carbocycles. The lowest BCUT2D eigenvalue weighted by Gasteiger charge is -2.35. The van der Waals surface area contributed by atoms with Gasteiger partial charge in [-0.25, -0.2) is 9.97 Å². The highest BCUT2D eigenvalue weighted by molar-refractivity contribution is 9.10. The molecule has 1 saturated heterocycles. The zero-order valence-corrected chi connectivity index (χ0v) is 16.3. The third-order valence-electron chi connectivity index (χ3n) is 4.25. The second-order valence-electron chi connectivity index (χ2n) is 6.31. The minimum Gasteiger partial charge on any atom is -0.363 e. The molecule has 2 heterocycles. The van der Waals surface area contributed by atoms with Gasteiger partial charge < -0.3 is 14.7 Å². The molecule has 7 heteroatoms. The molecule has 6 nitrogen and oxygen atoms in total. The van der Waals surface area contributed by atoms with Gasteiger partial charge in [0.05, 0.1) is 0 Å². The normalized spacial score (nSPS) is 14.6. The summed E-state index contributed by atoms with van der Waals surface area (Å²) in [5, 5.41) is 0. The lowest BCUT2D eigenvalue weighted by Crippen LogP contribution is -2.49. The van der Waals surface area contributed by atoms with Crippen LogP contribution in [0.2, 0.25) is 0 Å². The molecule has 0 bridgehead atoms. The molecule has 0 radical (unpaired) electrons. The monoisotopic (exact) mass is 403 g/mol. The molecule has 1 amide bonds. The van der Waals surface area contributed by atoms with E-state index in [2.05, 4.69) is 30.8 Å². The van der Waals surface area contributed by atoms with Gasteiger partial charge in [0.25, 0.3) is 5.91 Å². The van der Waals surface area contributed by atoms with E-state index in [0.717, 1.165) is 40.6 Å². The topological polar surface area (TPSA) is 52.6 Å². The van der Waals surface area contributed by atoms with Crippen LogP contribution in [0.5, 0.6) is 0 Å². The average molecular weight is 404 g/mol. The van der Waals surface area contributed by atoms with Gasteiger partial charge >= 0.3 is 0 Å². The smallest absolute Gasteiger partial charge is 0.253 e. The van der Waals surface area contributed by atoms with Crippen molar-refractivity contribution in [3.8, 4) is 0 Å². The van der Waals surface area contributed by atoms with Crippen molar-refractivity contribution < 1.29 is 4.79 Å². The Morgan fingerprint density at radius 1 is 1.08 bits per heavy atom. The quantitative estimate of drug-likeness (QED) is 0.787. The van der Waals surface area contributed by atoms with Crippen molar-refractivity contribution in [3.05, 3.63) is 46.2 Å². The Labute approximate surface area is 156 Å². The highest BCUT2D eigenvalue weighted by Gasteiger charge is 2.23. The fraction of sp³-hybridized carbons (Fsp3) is 0.389. The second kappa shape index (κ2) is 7.39. The standard InChI is InChI=1S/C18H22BrN5O/c1-13-20-16(22(2)3)12-17(21-13)23-8-10-24(11-9-23)18(25)14-4-6-15(19)7-5-14/h4-7,12H,8-11H2,1-3H3. The van der Waals surface area contributed by atoms with Gasteiger partial charge in [-0.2, -0.15) is 0 Å². The molecule has 0 unspecified atom stereocenters. The highest BCUT2D eigenvalue weighted by atomic mass is 79.9. The largest absolute Gasteiger partial charge is 0.363 e. The Balaban J connectivity index is 1.67. The number of hydrogen-bond acceptors (Lipinski definition) is 5. The number of benzene rings is 1. The number of carbonyl (C=O) groups excluding carboxylic acids is 1. The van der Waals surface area contributed by atoms with E-state index in [0.29, 0.717) is 13.1 Å². The predicted molar refractivity (Wildman–Crippen MR) is 103 cm³/mol. The van der Waals surface area contributed by atoms with E-state index in [1.807, 2.05) is 61.2 Å². The molecule has 3 rings (SSSR count). The maximum Gasteiger partial charge on any atom is 0.253 e. The van der Waals surface area contributed by atoms with E-state index >= 15 is 0 Å². The molecule has 25 heavy (non-hydrogen) atoms. The van der Waals surface area contributed by atoms with Crippen LogP contribution in [0.4, 0.5) is 11.6 Å². The summed E-state index contributed by atoms with van der Waals surface area (Å²) in [7, 11) is 3.95. The minimum absolute atomic E-state index is 0.0833. The van der Waals surface area contributed by atoms with Gasteiger partial charge in [-0.1, -0.05) is 15.9 Å². The summed E-state index contributed by atoms with van der Waals surface area (Å²) in [4.78, 5) is 27.7. The molecule has 0 aliphatic carbocycles. The van der Waals surface area contributed by atoms with Crippen molar-refractivity contribution in [1.82, 2.24) is 14.9 Å². The maximum absolute atomic E-state index is 12.6. The van der Waals surface area contributed by atoms with E-state index in [1.54, 1.807) is 0 Å². The molecule has 1 aliphatic heterocycles. The Morgan fingerprint density at radius 3 is 2.32 bits per heavy atom. The Kier molecular flexibility index (Phi) is 5.22. The third kappa shape index (κ3) is 4.10. The van der Waals surface area contributed by atoms with Crippen LogP contribution in [-0.4, -0.2) is 61.0 Å². The van der Waals surface area contributed by atoms with Crippen LogP contribution in [0, 0.1) is 6.92 Å². The number of carbonyl (C=O) groups is 1. The number of halogens is 1. The number of nitrogens with zero attached hydrogens (tertiary/aromatic N) is 5. The van der Waals surface area contributed by atoms with Gasteiger partial charge in [0, 0.05) is 56.4 Å². The molecule has 1 aromatic heterocycles. The molecular weight excluding hydrogens is 382 g/mol. The van der Waals surface area contributed by atoms with Gasteiger partial charge in [0.2, 0.25) is 0 Å². The number of aryl methyl sites for hydroxylation is 1. The number of aromatic nitrogens is 2. The fourth-order valence-electron chi connectivity index (χ4n) is 2.84. The zero-order valence-electron chi connectivity index (χ0n) is 14.7. The molecule has 0 spiro atoms. The molecule has 0 atom stereocenters.